The fraction of sp³-hybridized carbons (Fsp3) is 0.200. The number of benzene rings is 1. The van der Waals surface area contributed by atoms with Crippen molar-refractivity contribution in [2.45, 2.75) is 26.4 Å². The monoisotopic (exact) mass is 362 g/mol. The molecule has 27 heavy (non-hydrogen) atoms. The lowest BCUT2D eigenvalue weighted by atomic mass is 10.2. The maximum atomic E-state index is 12.5. The number of aldehydes is 1. The predicted octanol–water partition coefficient (Wildman–Crippen LogP) is 3.97. The van der Waals surface area contributed by atoms with Gasteiger partial charge >= 0.3 is 6.09 Å². The Morgan fingerprint density at radius 1 is 1.15 bits per heavy atom. The van der Waals surface area contributed by atoms with E-state index >= 15 is 0 Å². The van der Waals surface area contributed by atoms with E-state index in [1.165, 1.54) is 4.57 Å². The van der Waals surface area contributed by atoms with E-state index in [1.54, 1.807) is 29.2 Å². The molecule has 3 heterocycles. The summed E-state index contributed by atoms with van der Waals surface area (Å²) in [5.74, 6) is 0. The van der Waals surface area contributed by atoms with Gasteiger partial charge in [0.2, 0.25) is 0 Å². The lowest BCUT2D eigenvalue weighted by Crippen LogP contribution is -2.26. The average Bonchev–Trinajstić information content (AvgIpc) is 3.23. The molecule has 3 aromatic heterocycles. The van der Waals surface area contributed by atoms with E-state index in [2.05, 4.69) is 9.97 Å². The number of nitrogens with zero attached hydrogens (tertiary/aromatic N) is 4. The lowest BCUT2D eigenvalue weighted by molar-refractivity contribution is 0.0544. The zero-order chi connectivity index (χ0) is 19.2. The molecule has 0 aliphatic rings. The maximum Gasteiger partial charge on any atom is 0.418 e. The summed E-state index contributed by atoms with van der Waals surface area (Å²) in [6.07, 6.45) is 3.60. The molecule has 0 aliphatic heterocycles. The third kappa shape index (κ3) is 3.08. The number of pyridine rings is 1. The van der Waals surface area contributed by atoms with Crippen molar-refractivity contribution in [3.63, 3.8) is 0 Å². The van der Waals surface area contributed by atoms with Crippen LogP contribution in [0.2, 0.25) is 0 Å². The van der Waals surface area contributed by atoms with E-state index < -0.39 is 11.7 Å². The topological polar surface area (TPSA) is 79.0 Å². The van der Waals surface area contributed by atoms with Gasteiger partial charge in [0.15, 0.2) is 11.9 Å². The van der Waals surface area contributed by atoms with Crippen LogP contribution in [0.4, 0.5) is 4.79 Å². The van der Waals surface area contributed by atoms with Gasteiger partial charge in [0.1, 0.15) is 23.1 Å². The fourth-order valence-electron chi connectivity index (χ4n) is 2.90. The van der Waals surface area contributed by atoms with Crippen molar-refractivity contribution in [1.82, 2.24) is 19.1 Å². The van der Waals surface area contributed by atoms with Crippen LogP contribution in [0.1, 0.15) is 31.3 Å². The summed E-state index contributed by atoms with van der Waals surface area (Å²) in [5, 5.41) is 0.913. The molecule has 0 bridgehead atoms. The molecule has 0 saturated heterocycles. The molecule has 4 aromatic rings. The molecular formula is C20H18N4O3. The van der Waals surface area contributed by atoms with Gasteiger partial charge in [0.25, 0.3) is 0 Å². The molecule has 0 aliphatic carbocycles. The Labute approximate surface area is 155 Å². The van der Waals surface area contributed by atoms with E-state index in [9.17, 15) is 9.59 Å². The summed E-state index contributed by atoms with van der Waals surface area (Å²) >= 11 is 0. The predicted molar refractivity (Wildman–Crippen MR) is 101 cm³/mol. The van der Waals surface area contributed by atoms with Crippen molar-refractivity contribution in [3.05, 3.63) is 54.6 Å². The Bertz CT molecular complexity index is 1180. The normalized spacial score (nSPS) is 11.8. The number of ether oxygens (including phenoxy) is 1. The second kappa shape index (κ2) is 6.05. The van der Waals surface area contributed by atoms with Gasteiger partial charge in [-0.1, -0.05) is 6.07 Å². The van der Waals surface area contributed by atoms with E-state index in [0.717, 1.165) is 16.6 Å². The van der Waals surface area contributed by atoms with Crippen molar-refractivity contribution in [3.8, 4) is 5.69 Å². The van der Waals surface area contributed by atoms with Crippen LogP contribution in [0.5, 0.6) is 0 Å². The number of carbonyl (C=O) groups excluding carboxylic acids is 2. The average molecular weight is 362 g/mol. The first-order chi connectivity index (χ1) is 12.9. The van der Waals surface area contributed by atoms with Crippen molar-refractivity contribution >= 4 is 34.4 Å². The van der Waals surface area contributed by atoms with Crippen LogP contribution >= 0.6 is 0 Å². The number of imidazole rings is 1. The third-order valence-electron chi connectivity index (χ3n) is 4.08. The van der Waals surface area contributed by atoms with Gasteiger partial charge in [-0.05, 0) is 51.1 Å². The maximum absolute atomic E-state index is 12.5. The van der Waals surface area contributed by atoms with Gasteiger partial charge in [0, 0.05) is 11.6 Å². The lowest BCUT2D eigenvalue weighted by Gasteiger charge is -2.19. The third-order valence-corrected chi connectivity index (χ3v) is 4.08. The molecule has 1 aromatic carbocycles. The van der Waals surface area contributed by atoms with Gasteiger partial charge in [0.05, 0.1) is 11.2 Å². The standard InChI is InChI=1S/C20H18N4O3/c1-20(2,3)27-19(26)23-9-8-13-4-6-15(10-17(13)23)24-12-21-16-7-5-14(11-25)22-18(16)24/h4-12H,1-3H3. The highest BCUT2D eigenvalue weighted by molar-refractivity contribution is 5.91. The fourth-order valence-corrected chi connectivity index (χ4v) is 2.90. The second-order valence-electron chi connectivity index (χ2n) is 7.22. The summed E-state index contributed by atoms with van der Waals surface area (Å²) in [6, 6.07) is 10.9. The summed E-state index contributed by atoms with van der Waals surface area (Å²) in [7, 11) is 0. The second-order valence-corrected chi connectivity index (χ2v) is 7.22. The molecule has 0 saturated carbocycles. The molecule has 7 heteroatoms. The summed E-state index contributed by atoms with van der Waals surface area (Å²) < 4.78 is 8.74. The molecule has 0 atom stereocenters. The number of hydrogen-bond donors (Lipinski definition) is 0. The van der Waals surface area contributed by atoms with Crippen molar-refractivity contribution in [1.29, 1.82) is 0 Å². The van der Waals surface area contributed by atoms with Crippen LogP contribution in [-0.4, -0.2) is 37.1 Å². The van der Waals surface area contributed by atoms with Crippen molar-refractivity contribution in [2.24, 2.45) is 0 Å². The van der Waals surface area contributed by atoms with E-state index in [1.807, 2.05) is 45.0 Å². The van der Waals surface area contributed by atoms with Gasteiger partial charge in [-0.2, -0.15) is 0 Å². The Morgan fingerprint density at radius 2 is 1.96 bits per heavy atom. The Hall–Kier alpha value is -3.48. The Balaban J connectivity index is 1.83. The van der Waals surface area contributed by atoms with Crippen molar-refractivity contribution in [2.75, 3.05) is 0 Å². The van der Waals surface area contributed by atoms with Crippen molar-refractivity contribution < 1.29 is 14.3 Å². The molecule has 0 fully saturated rings. The molecule has 0 spiro atoms. The molecular weight excluding hydrogens is 344 g/mol. The van der Waals surface area contributed by atoms with Gasteiger partial charge < -0.3 is 4.74 Å². The number of aromatic nitrogens is 4. The highest BCUT2D eigenvalue weighted by Gasteiger charge is 2.19. The van der Waals surface area contributed by atoms with Gasteiger partial charge in [-0.15, -0.1) is 0 Å². The van der Waals surface area contributed by atoms with Crippen LogP contribution in [0, 0.1) is 0 Å². The molecule has 0 unspecified atom stereocenters. The zero-order valence-electron chi connectivity index (χ0n) is 15.2. The number of carbonyl (C=O) groups is 2. The Kier molecular flexibility index (Phi) is 3.80. The smallest absolute Gasteiger partial charge is 0.418 e. The van der Waals surface area contributed by atoms with Crippen LogP contribution < -0.4 is 0 Å². The molecule has 0 N–H and O–H groups in total. The number of rotatable bonds is 2. The zero-order valence-corrected chi connectivity index (χ0v) is 15.2. The first kappa shape index (κ1) is 17.0. The van der Waals surface area contributed by atoms with E-state index in [-0.39, 0.29) is 0 Å². The molecule has 0 radical (unpaired) electrons. The van der Waals surface area contributed by atoms with Gasteiger partial charge in [-0.25, -0.2) is 14.8 Å². The minimum absolute atomic E-state index is 0.336. The van der Waals surface area contributed by atoms with Crippen LogP contribution in [0.15, 0.2) is 48.9 Å². The molecule has 136 valence electrons. The van der Waals surface area contributed by atoms with Gasteiger partial charge in [-0.3, -0.25) is 13.9 Å². The quantitative estimate of drug-likeness (QED) is 0.504. The van der Waals surface area contributed by atoms with E-state index in [4.69, 9.17) is 4.74 Å². The summed E-state index contributed by atoms with van der Waals surface area (Å²) in [6.45, 7) is 5.49. The minimum atomic E-state index is -0.582. The Morgan fingerprint density at radius 3 is 2.70 bits per heavy atom. The first-order valence-corrected chi connectivity index (χ1v) is 8.50. The highest BCUT2D eigenvalue weighted by Crippen LogP contribution is 2.23. The van der Waals surface area contributed by atoms with Crippen LogP contribution in [0.3, 0.4) is 0 Å². The van der Waals surface area contributed by atoms with Crippen LogP contribution in [0.25, 0.3) is 27.8 Å². The largest absolute Gasteiger partial charge is 0.443 e. The van der Waals surface area contributed by atoms with E-state index in [0.29, 0.717) is 23.1 Å². The highest BCUT2D eigenvalue weighted by atomic mass is 16.6. The SMILES string of the molecule is CC(C)(C)OC(=O)n1ccc2ccc(-n3cnc4ccc(C=O)nc43)cc21. The molecule has 0 amide bonds. The number of fused-ring (bicyclic) bond motifs is 2. The molecule has 4 rings (SSSR count). The minimum Gasteiger partial charge on any atom is -0.443 e. The van der Waals surface area contributed by atoms with Crippen LogP contribution in [-0.2, 0) is 4.74 Å². The summed E-state index contributed by atoms with van der Waals surface area (Å²) in [5.41, 5.74) is 2.51. The molecule has 7 nitrogen and oxygen atoms in total. The number of hydrogen-bond acceptors (Lipinski definition) is 5. The first-order valence-electron chi connectivity index (χ1n) is 8.50. The summed E-state index contributed by atoms with van der Waals surface area (Å²) in [4.78, 5) is 32.2.